The van der Waals surface area contributed by atoms with Crippen molar-refractivity contribution in [3.8, 4) is 0 Å². The molecular formula is C27H35ClN2O2. The second-order valence-electron chi connectivity index (χ2n) is 8.82. The van der Waals surface area contributed by atoms with Crippen LogP contribution in [0.4, 0.5) is 0 Å². The molecule has 0 aliphatic heterocycles. The third-order valence-corrected chi connectivity index (χ3v) is 6.67. The minimum atomic E-state index is 0.0553. The Morgan fingerprint density at radius 1 is 1.09 bits per heavy atom. The van der Waals surface area contributed by atoms with E-state index in [0.29, 0.717) is 23.0 Å². The van der Waals surface area contributed by atoms with Gasteiger partial charge in [-0.2, -0.15) is 0 Å². The van der Waals surface area contributed by atoms with Crippen molar-refractivity contribution in [2.45, 2.75) is 50.6 Å². The van der Waals surface area contributed by atoms with Crippen LogP contribution in [0.15, 0.2) is 61.2 Å². The van der Waals surface area contributed by atoms with Crippen LogP contribution < -0.4 is 0 Å². The molecule has 5 heteroatoms. The summed E-state index contributed by atoms with van der Waals surface area (Å²) in [6, 6.07) is 16.4. The molecule has 4 nitrogen and oxygen atoms in total. The van der Waals surface area contributed by atoms with Gasteiger partial charge in [-0.05, 0) is 80.5 Å². The average Bonchev–Trinajstić information content (AvgIpc) is 2.82. The Hall–Kier alpha value is -2.14. The fourth-order valence-electron chi connectivity index (χ4n) is 4.64. The summed E-state index contributed by atoms with van der Waals surface area (Å²) in [6.45, 7) is 6.46. The van der Waals surface area contributed by atoms with E-state index in [-0.39, 0.29) is 18.6 Å². The van der Waals surface area contributed by atoms with Gasteiger partial charge in [-0.1, -0.05) is 41.9 Å². The number of benzene rings is 2. The summed E-state index contributed by atoms with van der Waals surface area (Å²) in [6.07, 6.45) is 6.80. The van der Waals surface area contributed by atoms with Crippen molar-refractivity contribution in [1.29, 1.82) is 0 Å². The van der Waals surface area contributed by atoms with Gasteiger partial charge in [-0.15, -0.1) is 6.58 Å². The monoisotopic (exact) mass is 454 g/mol. The first-order chi connectivity index (χ1) is 15.5. The lowest BCUT2D eigenvalue weighted by atomic mass is 9.81. The number of hydrogen-bond acceptors (Lipinski definition) is 3. The maximum atomic E-state index is 13.1. The minimum absolute atomic E-state index is 0.0553. The Morgan fingerprint density at radius 3 is 2.34 bits per heavy atom. The highest BCUT2D eigenvalue weighted by molar-refractivity contribution is 6.30. The van der Waals surface area contributed by atoms with Gasteiger partial charge < -0.3 is 14.9 Å². The van der Waals surface area contributed by atoms with Crippen LogP contribution in [0.2, 0.25) is 5.02 Å². The predicted octanol–water partition coefficient (Wildman–Crippen LogP) is 5.51. The molecule has 2 aromatic carbocycles. The number of hydrogen-bond donors (Lipinski definition) is 1. The Bertz CT molecular complexity index is 858. The number of halogens is 1. The van der Waals surface area contributed by atoms with Crippen LogP contribution in [0.5, 0.6) is 0 Å². The normalized spacial score (nSPS) is 18.5. The molecule has 0 atom stereocenters. The number of carbonyl (C=O) groups excluding carboxylic acids is 1. The molecule has 0 radical (unpaired) electrons. The zero-order chi connectivity index (χ0) is 22.9. The topological polar surface area (TPSA) is 43.8 Å². The molecule has 1 amide bonds. The standard InChI is InChI=1S/C27H35ClN2O2/c1-3-17-30(27(32)24-9-13-25(28)14-10-24)26-15-11-23(12-16-26)22-7-5-21(6-8-22)20-29(2)18-4-19-31/h3,5-10,13-14,23,26,31H,1,4,11-12,15-20H2,2H3/t23-,26-. The lowest BCUT2D eigenvalue weighted by Gasteiger charge is -2.37. The van der Waals surface area contributed by atoms with Crippen molar-refractivity contribution in [3.63, 3.8) is 0 Å². The molecule has 0 unspecified atom stereocenters. The van der Waals surface area contributed by atoms with Crippen LogP contribution in [-0.2, 0) is 6.54 Å². The first-order valence-corrected chi connectivity index (χ1v) is 11.9. The zero-order valence-electron chi connectivity index (χ0n) is 19.0. The SMILES string of the molecule is C=CCN(C(=O)c1ccc(Cl)cc1)[C@H]1CC[C@H](c2ccc(CN(C)CCCO)cc2)CC1. The molecule has 0 saturated heterocycles. The number of aliphatic hydroxyl groups excluding tert-OH is 1. The van der Waals surface area contributed by atoms with Gasteiger partial charge in [-0.3, -0.25) is 4.79 Å². The molecule has 32 heavy (non-hydrogen) atoms. The molecule has 0 spiro atoms. The van der Waals surface area contributed by atoms with Crippen molar-refractivity contribution in [2.75, 3.05) is 26.7 Å². The molecule has 0 bridgehead atoms. The van der Waals surface area contributed by atoms with Crippen LogP contribution >= 0.6 is 11.6 Å². The number of amides is 1. The number of aliphatic hydroxyl groups is 1. The Balaban J connectivity index is 1.57. The van der Waals surface area contributed by atoms with E-state index in [1.807, 2.05) is 11.0 Å². The Morgan fingerprint density at radius 2 is 1.75 bits per heavy atom. The Labute approximate surface area is 197 Å². The second-order valence-corrected chi connectivity index (χ2v) is 9.25. The fourth-order valence-corrected chi connectivity index (χ4v) is 4.77. The highest BCUT2D eigenvalue weighted by atomic mass is 35.5. The largest absolute Gasteiger partial charge is 0.396 e. The lowest BCUT2D eigenvalue weighted by Crippen LogP contribution is -2.42. The van der Waals surface area contributed by atoms with E-state index < -0.39 is 0 Å². The van der Waals surface area contributed by atoms with Crippen LogP contribution in [0.25, 0.3) is 0 Å². The summed E-state index contributed by atoms with van der Waals surface area (Å²) >= 11 is 5.98. The molecular weight excluding hydrogens is 420 g/mol. The van der Waals surface area contributed by atoms with Crippen molar-refractivity contribution in [1.82, 2.24) is 9.80 Å². The number of nitrogens with zero attached hydrogens (tertiary/aromatic N) is 2. The lowest BCUT2D eigenvalue weighted by molar-refractivity contribution is 0.0655. The minimum Gasteiger partial charge on any atom is -0.396 e. The van der Waals surface area contributed by atoms with Crippen molar-refractivity contribution < 1.29 is 9.90 Å². The van der Waals surface area contributed by atoms with E-state index >= 15 is 0 Å². The van der Waals surface area contributed by atoms with E-state index in [1.165, 1.54) is 11.1 Å². The van der Waals surface area contributed by atoms with Crippen molar-refractivity contribution in [3.05, 3.63) is 82.9 Å². The van der Waals surface area contributed by atoms with Gasteiger partial charge in [0.1, 0.15) is 0 Å². The fraction of sp³-hybridized carbons (Fsp3) is 0.444. The van der Waals surface area contributed by atoms with Gasteiger partial charge in [-0.25, -0.2) is 0 Å². The maximum absolute atomic E-state index is 13.1. The summed E-state index contributed by atoms with van der Waals surface area (Å²) in [5, 5.41) is 9.62. The van der Waals surface area contributed by atoms with E-state index in [4.69, 9.17) is 16.7 Å². The molecule has 3 rings (SSSR count). The van der Waals surface area contributed by atoms with Gasteiger partial charge in [0, 0.05) is 42.9 Å². The van der Waals surface area contributed by atoms with Crippen LogP contribution in [0.3, 0.4) is 0 Å². The molecule has 1 saturated carbocycles. The highest BCUT2D eigenvalue weighted by Crippen LogP contribution is 2.35. The summed E-state index contributed by atoms with van der Waals surface area (Å²) in [5.41, 5.74) is 3.37. The molecule has 1 aliphatic carbocycles. The quantitative estimate of drug-likeness (QED) is 0.481. The summed E-state index contributed by atoms with van der Waals surface area (Å²) in [4.78, 5) is 17.3. The van der Waals surface area contributed by atoms with Gasteiger partial charge in [0.2, 0.25) is 0 Å². The smallest absolute Gasteiger partial charge is 0.254 e. The third-order valence-electron chi connectivity index (χ3n) is 6.42. The van der Waals surface area contributed by atoms with Gasteiger partial charge in [0.05, 0.1) is 0 Å². The van der Waals surface area contributed by atoms with Crippen LogP contribution in [-0.4, -0.2) is 53.6 Å². The first kappa shape index (κ1) is 24.5. The molecule has 0 heterocycles. The van der Waals surface area contributed by atoms with Gasteiger partial charge >= 0.3 is 0 Å². The first-order valence-electron chi connectivity index (χ1n) is 11.6. The van der Waals surface area contributed by atoms with Gasteiger partial charge in [0.15, 0.2) is 0 Å². The summed E-state index contributed by atoms with van der Waals surface area (Å²) in [5.74, 6) is 0.600. The molecule has 1 fully saturated rings. The van der Waals surface area contributed by atoms with Crippen molar-refractivity contribution >= 4 is 17.5 Å². The van der Waals surface area contributed by atoms with Gasteiger partial charge in [0.25, 0.3) is 5.91 Å². The number of carbonyl (C=O) groups is 1. The average molecular weight is 455 g/mol. The summed E-state index contributed by atoms with van der Waals surface area (Å²) in [7, 11) is 2.09. The van der Waals surface area contributed by atoms with E-state index in [9.17, 15) is 4.79 Å². The second kappa shape index (κ2) is 12.2. The van der Waals surface area contributed by atoms with Crippen molar-refractivity contribution in [2.24, 2.45) is 0 Å². The van der Waals surface area contributed by atoms with E-state index in [2.05, 4.69) is 42.8 Å². The maximum Gasteiger partial charge on any atom is 0.254 e. The molecule has 2 aromatic rings. The zero-order valence-corrected chi connectivity index (χ0v) is 19.8. The summed E-state index contributed by atoms with van der Waals surface area (Å²) < 4.78 is 0. The molecule has 1 aliphatic rings. The molecule has 1 N–H and O–H groups in total. The molecule has 0 aromatic heterocycles. The van der Waals surface area contributed by atoms with E-state index in [1.54, 1.807) is 24.3 Å². The van der Waals surface area contributed by atoms with Crippen LogP contribution in [0.1, 0.15) is 59.5 Å². The third kappa shape index (κ3) is 6.68. The highest BCUT2D eigenvalue weighted by Gasteiger charge is 2.29. The van der Waals surface area contributed by atoms with E-state index in [0.717, 1.165) is 45.2 Å². The van der Waals surface area contributed by atoms with Crippen LogP contribution in [0, 0.1) is 0 Å². The number of rotatable bonds is 10. The molecule has 172 valence electrons. The predicted molar refractivity (Wildman–Crippen MR) is 132 cm³/mol. The Kier molecular flexibility index (Phi) is 9.34.